The Kier molecular flexibility index (Phi) is 5.92. The first-order chi connectivity index (χ1) is 13.2. The molecule has 0 aliphatic heterocycles. The number of fused-ring (bicyclic) bond motifs is 1. The normalized spacial score (nSPS) is 11.3. The Hall–Kier alpha value is -2.16. The van der Waals surface area contributed by atoms with E-state index in [0.29, 0.717) is 10.9 Å². The molecule has 0 heterocycles. The predicted octanol–water partition coefficient (Wildman–Crippen LogP) is 6.40. The zero-order valence-corrected chi connectivity index (χ0v) is 17.1. The van der Waals surface area contributed by atoms with Crippen LogP contribution in [0, 0.1) is 0 Å². The van der Waals surface area contributed by atoms with E-state index in [1.165, 1.54) is 6.07 Å². The van der Waals surface area contributed by atoms with E-state index in [0.717, 1.165) is 22.0 Å². The quantitative estimate of drug-likeness (QED) is 0.411. The molecule has 2 N–H and O–H groups in total. The number of hydrogen-bond donors (Lipinski definition) is 2. The number of carbonyl (C=O) groups is 1. The van der Waals surface area contributed by atoms with Gasteiger partial charge in [0, 0.05) is 15.1 Å². The largest absolute Gasteiger partial charge is 0.418 e. The molecule has 0 unspecified atom stereocenters. The highest BCUT2D eigenvalue weighted by atomic mass is 79.9. The Morgan fingerprint density at radius 3 is 2.43 bits per heavy atom. The summed E-state index contributed by atoms with van der Waals surface area (Å²) in [5.41, 5.74) is -0.941. The first-order valence-corrected chi connectivity index (χ1v) is 9.41. The topological polar surface area (TPSA) is 41.1 Å². The lowest BCUT2D eigenvalue weighted by atomic mass is 10.0. The number of hydrogen-bond acceptors (Lipinski definition) is 2. The van der Waals surface area contributed by atoms with Crippen LogP contribution in [0.3, 0.4) is 0 Å². The number of thiocarbonyl (C=S) groups is 1. The van der Waals surface area contributed by atoms with Gasteiger partial charge in [-0.05, 0) is 53.3 Å². The number of carbonyl (C=O) groups excluding carboxylic acids is 1. The zero-order valence-electron chi connectivity index (χ0n) is 13.9. The smallest absolute Gasteiger partial charge is 0.332 e. The van der Waals surface area contributed by atoms with Gasteiger partial charge in [0.15, 0.2) is 5.11 Å². The maximum Gasteiger partial charge on any atom is 0.418 e. The van der Waals surface area contributed by atoms with Gasteiger partial charge in [-0.3, -0.25) is 10.1 Å². The maximum atomic E-state index is 13.2. The second kappa shape index (κ2) is 8.06. The fraction of sp³-hybridized carbons (Fsp3) is 0.0526. The third-order valence-electron chi connectivity index (χ3n) is 3.88. The van der Waals surface area contributed by atoms with Crippen LogP contribution in [-0.2, 0) is 6.18 Å². The molecule has 9 heteroatoms. The number of alkyl halides is 3. The van der Waals surface area contributed by atoms with Gasteiger partial charge in [0.25, 0.3) is 5.91 Å². The maximum absolute atomic E-state index is 13.2. The van der Waals surface area contributed by atoms with E-state index >= 15 is 0 Å². The summed E-state index contributed by atoms with van der Waals surface area (Å²) in [5.74, 6) is -0.538. The van der Waals surface area contributed by atoms with Crippen molar-refractivity contribution in [3.05, 3.63) is 75.2 Å². The number of benzene rings is 3. The Morgan fingerprint density at radius 2 is 1.71 bits per heavy atom. The molecular weight excluding hydrogens is 477 g/mol. The molecule has 0 aliphatic carbocycles. The molecule has 1 amide bonds. The summed E-state index contributed by atoms with van der Waals surface area (Å²) in [6.45, 7) is 0. The van der Waals surface area contributed by atoms with E-state index < -0.39 is 17.6 Å². The molecule has 0 spiro atoms. The summed E-state index contributed by atoms with van der Waals surface area (Å²) in [7, 11) is 0. The molecule has 3 aromatic carbocycles. The Labute approximate surface area is 177 Å². The van der Waals surface area contributed by atoms with E-state index in [1.807, 2.05) is 12.1 Å². The van der Waals surface area contributed by atoms with Crippen LogP contribution < -0.4 is 10.6 Å². The van der Waals surface area contributed by atoms with Gasteiger partial charge in [-0.15, -0.1) is 0 Å². The van der Waals surface area contributed by atoms with Crippen LogP contribution >= 0.6 is 39.7 Å². The molecule has 0 fully saturated rings. The van der Waals surface area contributed by atoms with Crippen LogP contribution in [0.2, 0.25) is 5.02 Å². The Bertz CT molecular complexity index is 1090. The number of nitrogens with one attached hydrogen (secondary N) is 2. The van der Waals surface area contributed by atoms with Crippen LogP contribution in [0.4, 0.5) is 18.9 Å². The molecule has 3 nitrogen and oxygen atoms in total. The lowest BCUT2D eigenvalue weighted by Crippen LogP contribution is -2.34. The summed E-state index contributed by atoms with van der Waals surface area (Å²) in [4.78, 5) is 12.6. The van der Waals surface area contributed by atoms with E-state index in [9.17, 15) is 18.0 Å². The van der Waals surface area contributed by atoms with Crippen molar-refractivity contribution in [3.8, 4) is 0 Å². The molecule has 0 saturated heterocycles. The summed E-state index contributed by atoms with van der Waals surface area (Å²) in [6, 6.07) is 13.8. The summed E-state index contributed by atoms with van der Waals surface area (Å²) in [5, 5.41) is 6.02. The van der Waals surface area contributed by atoms with Gasteiger partial charge in [0.2, 0.25) is 0 Å². The van der Waals surface area contributed by atoms with Gasteiger partial charge >= 0.3 is 6.18 Å². The molecule has 3 aromatic rings. The van der Waals surface area contributed by atoms with Crippen molar-refractivity contribution < 1.29 is 18.0 Å². The first kappa shape index (κ1) is 20.6. The third-order valence-corrected chi connectivity index (χ3v) is 5.01. The molecule has 28 heavy (non-hydrogen) atoms. The van der Waals surface area contributed by atoms with Crippen LogP contribution in [-0.4, -0.2) is 11.0 Å². The van der Waals surface area contributed by atoms with E-state index in [1.54, 1.807) is 24.3 Å². The third kappa shape index (κ3) is 4.45. The number of anilines is 1. The average Bonchev–Trinajstić information content (AvgIpc) is 2.62. The summed E-state index contributed by atoms with van der Waals surface area (Å²) < 4.78 is 40.4. The monoisotopic (exact) mass is 486 g/mol. The second-order valence-electron chi connectivity index (χ2n) is 5.74. The van der Waals surface area contributed by atoms with Gasteiger partial charge in [-0.1, -0.05) is 51.8 Å². The van der Waals surface area contributed by atoms with Crippen LogP contribution in [0.25, 0.3) is 10.8 Å². The van der Waals surface area contributed by atoms with Gasteiger partial charge in [-0.25, -0.2) is 0 Å². The van der Waals surface area contributed by atoms with E-state index in [-0.39, 0.29) is 15.8 Å². The van der Waals surface area contributed by atoms with Crippen molar-refractivity contribution in [3.63, 3.8) is 0 Å². The summed E-state index contributed by atoms with van der Waals surface area (Å²) >= 11 is 14.1. The highest BCUT2D eigenvalue weighted by Crippen LogP contribution is 2.36. The first-order valence-electron chi connectivity index (χ1n) is 7.83. The molecule has 0 radical (unpaired) electrons. The zero-order chi connectivity index (χ0) is 20.5. The van der Waals surface area contributed by atoms with Crippen LogP contribution in [0.15, 0.2) is 59.1 Å². The predicted molar refractivity (Wildman–Crippen MR) is 112 cm³/mol. The van der Waals surface area contributed by atoms with E-state index in [4.69, 9.17) is 23.8 Å². The fourth-order valence-corrected chi connectivity index (χ4v) is 3.53. The van der Waals surface area contributed by atoms with Crippen LogP contribution in [0.5, 0.6) is 0 Å². The van der Waals surface area contributed by atoms with Gasteiger partial charge in [-0.2, -0.15) is 13.2 Å². The van der Waals surface area contributed by atoms with Crippen LogP contribution in [0.1, 0.15) is 15.9 Å². The second-order valence-corrected chi connectivity index (χ2v) is 7.44. The Morgan fingerprint density at radius 1 is 1.04 bits per heavy atom. The molecule has 0 aromatic heterocycles. The Balaban J connectivity index is 1.84. The van der Waals surface area contributed by atoms with Crippen molar-refractivity contribution in [1.82, 2.24) is 5.32 Å². The molecule has 0 aliphatic rings. The number of rotatable bonds is 2. The van der Waals surface area contributed by atoms with Crippen molar-refractivity contribution in [1.29, 1.82) is 0 Å². The highest BCUT2D eigenvalue weighted by molar-refractivity contribution is 9.10. The number of halogens is 5. The minimum atomic E-state index is -4.63. The van der Waals surface area contributed by atoms with Crippen molar-refractivity contribution in [2.45, 2.75) is 6.18 Å². The van der Waals surface area contributed by atoms with Gasteiger partial charge < -0.3 is 5.32 Å². The molecule has 3 rings (SSSR count). The number of amides is 1. The molecule has 0 saturated carbocycles. The van der Waals surface area contributed by atoms with Crippen molar-refractivity contribution in [2.24, 2.45) is 0 Å². The van der Waals surface area contributed by atoms with Crippen molar-refractivity contribution >= 4 is 67.2 Å². The molecular formula is C19H11BrClF3N2OS. The molecule has 0 atom stereocenters. The average molecular weight is 488 g/mol. The standard InChI is InChI=1S/C19H11BrClF3N2OS/c20-15-6-2-3-11-12(15)4-1-5-13(11)17(27)26-18(28)25-16-8-7-10(21)9-14(16)19(22,23)24/h1-9H,(H2,25,26,27,28). The lowest BCUT2D eigenvalue weighted by Gasteiger charge is -2.16. The highest BCUT2D eigenvalue weighted by Gasteiger charge is 2.34. The SMILES string of the molecule is O=C(NC(=S)Nc1ccc(Cl)cc1C(F)(F)F)c1cccc2c(Br)cccc12. The fourth-order valence-electron chi connectivity index (χ4n) is 2.65. The van der Waals surface area contributed by atoms with E-state index in [2.05, 4.69) is 26.6 Å². The molecule has 0 bridgehead atoms. The van der Waals surface area contributed by atoms with Gasteiger partial charge in [0.1, 0.15) is 0 Å². The van der Waals surface area contributed by atoms with Gasteiger partial charge in [0.05, 0.1) is 11.3 Å². The lowest BCUT2D eigenvalue weighted by molar-refractivity contribution is -0.136. The summed E-state index contributed by atoms with van der Waals surface area (Å²) in [6.07, 6.45) is -4.63. The minimum absolute atomic E-state index is 0.0610. The molecule has 144 valence electrons. The minimum Gasteiger partial charge on any atom is -0.332 e. The van der Waals surface area contributed by atoms with Crippen molar-refractivity contribution in [2.75, 3.05) is 5.32 Å².